The lowest BCUT2D eigenvalue weighted by atomic mass is 9.43. The topological polar surface area (TPSA) is 54.0 Å². The summed E-state index contributed by atoms with van der Waals surface area (Å²) in [6, 6.07) is 3.51. The van der Waals surface area contributed by atoms with Crippen LogP contribution < -0.4 is 0 Å². The summed E-state index contributed by atoms with van der Waals surface area (Å²) in [4.78, 5) is 12.2. The highest BCUT2D eigenvalue weighted by atomic mass is 28.4. The van der Waals surface area contributed by atoms with Gasteiger partial charge in [-0.05, 0) is 155 Å². The molecule has 0 aromatic heterocycles. The first kappa shape index (κ1) is 37.8. The van der Waals surface area contributed by atoms with Gasteiger partial charge in [-0.3, -0.25) is 4.79 Å². The summed E-state index contributed by atoms with van der Waals surface area (Å²) in [6.07, 6.45) is 11.1. The molecule has 0 heterocycles. The second-order valence-electron chi connectivity index (χ2n) is 18.2. The van der Waals surface area contributed by atoms with Crippen LogP contribution in [-0.4, -0.2) is 56.3 Å². The Labute approximate surface area is 281 Å². The summed E-state index contributed by atoms with van der Waals surface area (Å²) in [7, 11) is -3.69. The quantitative estimate of drug-likeness (QED) is 0.143. The van der Waals surface area contributed by atoms with E-state index in [0.29, 0.717) is 59.6 Å². The summed E-state index contributed by atoms with van der Waals surface area (Å²) >= 11 is 0. The van der Waals surface area contributed by atoms with Crippen LogP contribution in [0.3, 0.4) is 0 Å². The molecular weight excluding hydrogens is 609 g/mol. The molecule has 0 unspecified atom stereocenters. The Morgan fingerprint density at radius 3 is 2.00 bits per heavy atom. The average molecular weight is 681 g/mol. The third-order valence-corrected chi connectivity index (χ3v) is 22.4. The number of rotatable bonds is 13. The molecule has 0 aromatic rings. The number of esters is 1. The van der Waals surface area contributed by atoms with Crippen molar-refractivity contribution in [3.8, 4) is 0 Å². The van der Waals surface area contributed by atoms with E-state index in [1.165, 1.54) is 64.1 Å². The van der Waals surface area contributed by atoms with Gasteiger partial charge < -0.3 is 18.0 Å². The second kappa shape index (κ2) is 14.1. The van der Waals surface area contributed by atoms with Crippen molar-refractivity contribution in [3.63, 3.8) is 0 Å². The van der Waals surface area contributed by atoms with Gasteiger partial charge in [-0.2, -0.15) is 0 Å². The predicted molar refractivity (Wildman–Crippen MR) is 195 cm³/mol. The zero-order valence-electron chi connectivity index (χ0n) is 31.7. The van der Waals surface area contributed by atoms with Crippen molar-refractivity contribution < 1.29 is 22.8 Å². The Kier molecular flexibility index (Phi) is 11.8. The van der Waals surface area contributed by atoms with E-state index in [1.807, 2.05) is 0 Å². The van der Waals surface area contributed by atoms with Gasteiger partial charge in [0.1, 0.15) is 0 Å². The van der Waals surface area contributed by atoms with E-state index in [9.17, 15) is 4.79 Å². The SMILES string of the molecule is CC[Si](C)(C)O[C@H]1CC[C@@]2(C)[C@H](C1)C[C@H](O[Si](C)(C)CC)[C@@H]1[C@@H]2C[C@@H](O[Si](C)(C)CC)[C@]2(C)[C@@H]([C@H](C)CCC(=O)OC)CC[C@@H]12. The minimum Gasteiger partial charge on any atom is -0.469 e. The third-order valence-electron chi connectivity index (χ3n) is 14.4. The first-order valence-electron chi connectivity index (χ1n) is 19.0. The van der Waals surface area contributed by atoms with Gasteiger partial charge in [-0.15, -0.1) is 0 Å². The van der Waals surface area contributed by atoms with Crippen molar-refractivity contribution in [2.24, 2.45) is 46.3 Å². The molecule has 4 saturated carbocycles. The smallest absolute Gasteiger partial charge is 0.305 e. The van der Waals surface area contributed by atoms with Gasteiger partial charge in [0, 0.05) is 18.6 Å². The fourth-order valence-corrected chi connectivity index (χ4v) is 14.4. The molecular formula is C37H72O5Si3. The van der Waals surface area contributed by atoms with E-state index in [-0.39, 0.29) is 17.5 Å². The van der Waals surface area contributed by atoms with E-state index < -0.39 is 25.0 Å². The molecule has 262 valence electrons. The fourth-order valence-electron chi connectivity index (χ4n) is 10.6. The molecule has 0 radical (unpaired) electrons. The van der Waals surface area contributed by atoms with Crippen LogP contribution in [0.2, 0.25) is 57.4 Å². The molecule has 45 heavy (non-hydrogen) atoms. The van der Waals surface area contributed by atoms with Gasteiger partial charge in [-0.25, -0.2) is 0 Å². The highest BCUT2D eigenvalue weighted by Crippen LogP contribution is 2.70. The molecule has 4 rings (SSSR count). The number of fused-ring (bicyclic) bond motifs is 5. The fraction of sp³-hybridized carbons (Fsp3) is 0.973. The van der Waals surface area contributed by atoms with Crippen LogP contribution >= 0.6 is 0 Å². The number of hydrogen-bond acceptors (Lipinski definition) is 5. The number of ether oxygens (including phenoxy) is 1. The van der Waals surface area contributed by atoms with E-state index in [0.717, 1.165) is 12.5 Å². The molecule has 4 aliphatic carbocycles. The Morgan fingerprint density at radius 2 is 1.40 bits per heavy atom. The van der Waals surface area contributed by atoms with E-state index in [1.54, 1.807) is 0 Å². The van der Waals surface area contributed by atoms with Crippen LogP contribution in [-0.2, 0) is 22.8 Å². The van der Waals surface area contributed by atoms with Crippen molar-refractivity contribution in [2.75, 3.05) is 7.11 Å². The van der Waals surface area contributed by atoms with Crippen molar-refractivity contribution in [1.29, 1.82) is 0 Å². The molecule has 4 fully saturated rings. The van der Waals surface area contributed by atoms with Gasteiger partial charge >= 0.3 is 5.97 Å². The molecule has 0 amide bonds. The summed E-state index contributed by atoms with van der Waals surface area (Å²) in [6.45, 7) is 29.3. The molecule has 0 N–H and O–H groups in total. The maximum Gasteiger partial charge on any atom is 0.305 e. The molecule has 0 aliphatic heterocycles. The Balaban J connectivity index is 1.74. The summed E-state index contributed by atoms with van der Waals surface area (Å²) in [5, 5.41) is 0. The molecule has 0 aromatic carbocycles. The van der Waals surface area contributed by atoms with Crippen molar-refractivity contribution in [3.05, 3.63) is 0 Å². The normalized spacial score (nSPS) is 39.5. The molecule has 4 aliphatic rings. The highest BCUT2D eigenvalue weighted by Gasteiger charge is 2.67. The van der Waals surface area contributed by atoms with Gasteiger partial charge in [0.15, 0.2) is 25.0 Å². The van der Waals surface area contributed by atoms with Crippen molar-refractivity contribution in [1.82, 2.24) is 0 Å². The highest BCUT2D eigenvalue weighted by molar-refractivity contribution is 6.71. The largest absolute Gasteiger partial charge is 0.469 e. The molecule has 0 saturated heterocycles. The number of carbonyl (C=O) groups is 1. The van der Waals surface area contributed by atoms with Gasteiger partial charge in [0.25, 0.3) is 0 Å². The first-order chi connectivity index (χ1) is 20.9. The predicted octanol–water partition coefficient (Wildman–Crippen LogP) is 10.3. The minimum atomic E-state index is -1.82. The summed E-state index contributed by atoms with van der Waals surface area (Å²) in [5.41, 5.74) is 0.422. The lowest BCUT2D eigenvalue weighted by molar-refractivity contribution is -0.199. The molecule has 0 spiro atoms. The number of carbonyl (C=O) groups excluding carboxylic acids is 1. The average Bonchev–Trinajstić information content (AvgIpc) is 3.34. The maximum atomic E-state index is 12.2. The lowest BCUT2D eigenvalue weighted by Crippen LogP contribution is -2.65. The van der Waals surface area contributed by atoms with Gasteiger partial charge in [0.2, 0.25) is 0 Å². The van der Waals surface area contributed by atoms with Crippen LogP contribution in [0, 0.1) is 46.3 Å². The number of hydrogen-bond donors (Lipinski definition) is 0. The van der Waals surface area contributed by atoms with Crippen LogP contribution in [0.4, 0.5) is 0 Å². The van der Waals surface area contributed by atoms with Crippen LogP contribution in [0.1, 0.15) is 99.3 Å². The van der Waals surface area contributed by atoms with Gasteiger partial charge in [-0.1, -0.05) is 41.5 Å². The zero-order valence-corrected chi connectivity index (χ0v) is 34.7. The van der Waals surface area contributed by atoms with E-state index >= 15 is 0 Å². The standard InChI is InChI=1S/C37H72O5Si3/c1-14-43(8,9)40-28-21-22-36(5)27(23-28)24-32(41-44(10,11)15-2)35-30-19-18-29(26(4)17-20-34(38)39-7)37(30,6)33(25-31(35)36)42-45(12,13)16-3/h26-33,35H,14-25H2,1-13H3/t26-,27-,28+,29-,30+,31+,32+,33-,35+,36+,37-/m1/s1. The maximum absolute atomic E-state index is 12.2. The van der Waals surface area contributed by atoms with Crippen LogP contribution in [0.25, 0.3) is 0 Å². The lowest BCUT2D eigenvalue weighted by Gasteiger charge is -2.66. The zero-order chi connectivity index (χ0) is 33.6. The third kappa shape index (κ3) is 7.76. The second-order valence-corrected chi connectivity index (χ2v) is 31.6. The van der Waals surface area contributed by atoms with Crippen molar-refractivity contribution in [2.45, 2.75) is 175 Å². The Hall–Kier alpha value is 0.000649. The molecule has 8 heteroatoms. The van der Waals surface area contributed by atoms with E-state index in [2.05, 4.69) is 80.8 Å². The minimum absolute atomic E-state index is 0.0754. The van der Waals surface area contributed by atoms with E-state index in [4.69, 9.17) is 18.0 Å². The molecule has 5 nitrogen and oxygen atoms in total. The van der Waals surface area contributed by atoms with Crippen LogP contribution in [0.15, 0.2) is 0 Å². The Bertz CT molecular complexity index is 1020. The number of methoxy groups -OCH3 is 1. The monoisotopic (exact) mass is 680 g/mol. The molecule has 11 atom stereocenters. The van der Waals surface area contributed by atoms with Crippen molar-refractivity contribution >= 4 is 30.9 Å². The summed E-state index contributed by atoms with van der Waals surface area (Å²) in [5.74, 6) is 3.45. The van der Waals surface area contributed by atoms with Gasteiger partial charge in [0.05, 0.1) is 13.2 Å². The van der Waals surface area contributed by atoms with Crippen LogP contribution in [0.5, 0.6) is 0 Å². The Morgan fingerprint density at radius 1 is 0.800 bits per heavy atom. The first-order valence-corrected chi connectivity index (χ1v) is 28.3. The molecule has 0 bridgehead atoms. The summed E-state index contributed by atoms with van der Waals surface area (Å²) < 4.78 is 27.0.